The van der Waals surface area contributed by atoms with Gasteiger partial charge in [-0.1, -0.05) is 43.3 Å². The molecule has 4 heterocycles. The van der Waals surface area contributed by atoms with Gasteiger partial charge in [-0.2, -0.15) is 0 Å². The lowest BCUT2D eigenvalue weighted by Crippen LogP contribution is -2.49. The number of hydrogen-bond donors (Lipinski definition) is 4. The molecule has 6 atom stereocenters. The molecule has 0 radical (unpaired) electrons. The molecule has 3 amide bonds. The number of ether oxygens (including phenoxy) is 3. The highest BCUT2D eigenvalue weighted by atomic mass is 28.4. The maximum atomic E-state index is 15.4. The van der Waals surface area contributed by atoms with Crippen molar-refractivity contribution in [1.82, 2.24) is 10.2 Å². The number of rotatable bonds is 15. The summed E-state index contributed by atoms with van der Waals surface area (Å²) in [4.78, 5) is 61.2. The van der Waals surface area contributed by atoms with E-state index in [0.717, 1.165) is 40.1 Å². The van der Waals surface area contributed by atoms with Gasteiger partial charge in [0.05, 0.1) is 62.9 Å². The summed E-state index contributed by atoms with van der Waals surface area (Å²) >= 11 is 0. The average Bonchev–Trinajstić information content (AvgIpc) is 3.70. The molecule has 334 valence electrons. The number of aliphatic hydroxyl groups excluding tert-OH is 2. The van der Waals surface area contributed by atoms with E-state index in [-0.39, 0.29) is 43.9 Å². The first-order chi connectivity index (χ1) is 30.3. The van der Waals surface area contributed by atoms with Crippen molar-refractivity contribution in [3.05, 3.63) is 113 Å². The lowest BCUT2D eigenvalue weighted by molar-refractivity contribution is -0.151. The number of carbonyl (C=O) groups excluding carboxylic acids is 3. The van der Waals surface area contributed by atoms with Crippen molar-refractivity contribution < 1.29 is 43.6 Å². The van der Waals surface area contributed by atoms with E-state index in [4.69, 9.17) is 14.2 Å². The molecular weight excluding hydrogens is 817 g/mol. The van der Waals surface area contributed by atoms with Crippen molar-refractivity contribution in [3.63, 3.8) is 0 Å². The summed E-state index contributed by atoms with van der Waals surface area (Å²) < 4.78 is 18.6. The highest BCUT2D eigenvalue weighted by Gasteiger charge is 2.66. The molecule has 0 bridgehead atoms. The molecule has 0 saturated carbocycles. The maximum absolute atomic E-state index is 15.4. The van der Waals surface area contributed by atoms with Gasteiger partial charge in [-0.25, -0.2) is 0 Å². The summed E-state index contributed by atoms with van der Waals surface area (Å²) in [5.41, 5.74) is 4.55. The van der Waals surface area contributed by atoms with Gasteiger partial charge < -0.3 is 44.3 Å². The van der Waals surface area contributed by atoms with Crippen molar-refractivity contribution in [2.45, 2.75) is 101 Å². The number of unbranched alkanes of at least 4 members (excludes halogenated alkanes) is 1. The number of methoxy groups -OCH3 is 1. The van der Waals surface area contributed by atoms with Crippen LogP contribution in [0.15, 0.2) is 84.9 Å². The van der Waals surface area contributed by atoms with Crippen molar-refractivity contribution in [1.29, 1.82) is 0 Å². The summed E-state index contributed by atoms with van der Waals surface area (Å²) in [5, 5.41) is 23.2. The molecule has 1 spiro atoms. The Morgan fingerprint density at radius 2 is 1.68 bits per heavy atom. The van der Waals surface area contributed by atoms with Crippen molar-refractivity contribution in [2.24, 2.45) is 5.92 Å². The van der Waals surface area contributed by atoms with E-state index in [1.807, 2.05) is 112 Å². The molecule has 14 heteroatoms. The molecule has 0 aromatic heterocycles. The molecule has 8 rings (SSSR count). The molecule has 0 aliphatic carbocycles. The number of hydrogen-bond acceptors (Lipinski definition) is 10. The van der Waals surface area contributed by atoms with Crippen LogP contribution in [0.5, 0.6) is 11.5 Å². The highest BCUT2D eigenvalue weighted by Crippen LogP contribution is 2.60. The largest absolute Gasteiger partial charge is 0.497 e. The number of nitrogens with zero attached hydrogens (tertiary/aromatic N) is 3. The normalized spacial score (nSPS) is 24.1. The minimum atomic E-state index is -3.11. The number of benzene rings is 4. The molecule has 4 aromatic rings. The molecule has 63 heavy (non-hydrogen) atoms. The topological polar surface area (TPSA) is 161 Å². The first-order valence-electron chi connectivity index (χ1n) is 22.2. The predicted molar refractivity (Wildman–Crippen MR) is 243 cm³/mol. The summed E-state index contributed by atoms with van der Waals surface area (Å²) in [5.74, 6) is 0.165. The van der Waals surface area contributed by atoms with Gasteiger partial charge in [0.1, 0.15) is 11.5 Å². The Labute approximate surface area is 370 Å². The van der Waals surface area contributed by atoms with Crippen LogP contribution >= 0.6 is 0 Å². The fraction of sp³-hybridized carbons (Fsp3) is 0.449. The van der Waals surface area contributed by atoms with Crippen LogP contribution in [0.1, 0.15) is 60.9 Å². The van der Waals surface area contributed by atoms with E-state index < -0.39 is 43.6 Å². The van der Waals surface area contributed by atoms with Gasteiger partial charge in [-0.05, 0) is 123 Å². The summed E-state index contributed by atoms with van der Waals surface area (Å²) in [7, 11) is -1.54. The molecule has 1 unspecified atom stereocenters. The third kappa shape index (κ3) is 8.28. The first-order valence-corrected chi connectivity index (χ1v) is 25.3. The van der Waals surface area contributed by atoms with Gasteiger partial charge in [0.25, 0.3) is 5.91 Å². The molecule has 4 aromatic carbocycles. The second-order valence-electron chi connectivity index (χ2n) is 17.9. The summed E-state index contributed by atoms with van der Waals surface area (Å²) in [6.45, 7) is 9.07. The number of anilines is 3. The van der Waals surface area contributed by atoms with Crippen LogP contribution < -0.4 is 24.6 Å². The smallest absolute Gasteiger partial charge is 0.264 e. The van der Waals surface area contributed by atoms with Gasteiger partial charge in [0, 0.05) is 35.9 Å². The SMILES string of the molecule is CCOc1ccc2c(c1)CC(NCCCCO)C(=O)N2c1cccc(CN2C(=O)[C@@]3(O[C@@H](CC(=O)N4Cc5ccccc5C[C@H]4CO)[C@H]([Si](C)(C)O)[C@H]3C)c3cc(OC)ccc32)c1. The Balaban J connectivity index is 1.11. The van der Waals surface area contributed by atoms with Crippen LogP contribution in [0.4, 0.5) is 17.1 Å². The van der Waals surface area contributed by atoms with Crippen molar-refractivity contribution >= 4 is 43.1 Å². The standard InChI is InChI=1S/C49H60N4O9Si/c1-6-61-39-17-18-42-35(24-39)25-41(50-20-9-10-21-54)47(57)53(42)36-15-11-12-32(22-36)28-52-43-19-16-38(60-3)26-40(43)49(48(52)58)31(2)46(63(4,5)59)44(62-49)27-45(56)51-29-34-14-8-7-13-33(34)23-37(51)30-55/h7-8,11-19,22,24,26,31,37,41,44,46,50,54-55,59H,6,9-10,20-21,23,25,27-30H2,1-5H3/t31-,37+,41?,44+,46-,49+/m1/s1. The van der Waals surface area contributed by atoms with Crippen LogP contribution in [0.2, 0.25) is 18.6 Å². The Morgan fingerprint density at radius 3 is 2.41 bits per heavy atom. The zero-order chi connectivity index (χ0) is 44.6. The highest BCUT2D eigenvalue weighted by molar-refractivity contribution is 6.71. The van der Waals surface area contributed by atoms with Gasteiger partial charge >= 0.3 is 0 Å². The molecule has 1 fully saturated rings. The third-order valence-electron chi connectivity index (χ3n) is 13.5. The maximum Gasteiger partial charge on any atom is 0.264 e. The second-order valence-corrected chi connectivity index (χ2v) is 21.9. The molecular formula is C49H60N4O9Si. The lowest BCUT2D eigenvalue weighted by atomic mass is 9.82. The average molecular weight is 877 g/mol. The summed E-state index contributed by atoms with van der Waals surface area (Å²) in [6.07, 6.45) is 1.56. The lowest BCUT2D eigenvalue weighted by Gasteiger charge is -2.37. The van der Waals surface area contributed by atoms with Gasteiger partial charge in [0.15, 0.2) is 13.9 Å². The minimum absolute atomic E-state index is 0.0598. The predicted octanol–water partition coefficient (Wildman–Crippen LogP) is 5.73. The van der Waals surface area contributed by atoms with E-state index in [0.29, 0.717) is 61.6 Å². The van der Waals surface area contributed by atoms with Crippen LogP contribution in [-0.4, -0.2) is 97.6 Å². The Hall–Kier alpha value is -5.09. The third-order valence-corrected chi connectivity index (χ3v) is 16.0. The Bertz CT molecular complexity index is 2350. The van der Waals surface area contributed by atoms with Crippen molar-refractivity contribution in [3.8, 4) is 11.5 Å². The summed E-state index contributed by atoms with van der Waals surface area (Å²) in [6, 6.07) is 26.0. The number of carbonyl (C=O) groups is 3. The van der Waals surface area contributed by atoms with Crippen molar-refractivity contribution in [2.75, 3.05) is 43.3 Å². The van der Waals surface area contributed by atoms with Crippen LogP contribution in [0.3, 0.4) is 0 Å². The first kappa shape index (κ1) is 44.5. The second kappa shape index (κ2) is 18.2. The molecule has 4 aliphatic heterocycles. The van der Waals surface area contributed by atoms with Gasteiger partial charge in [-0.15, -0.1) is 0 Å². The Morgan fingerprint density at radius 1 is 0.921 bits per heavy atom. The van der Waals surface area contributed by atoms with E-state index >= 15 is 4.79 Å². The number of fused-ring (bicyclic) bond motifs is 4. The molecule has 13 nitrogen and oxygen atoms in total. The van der Waals surface area contributed by atoms with E-state index in [9.17, 15) is 24.6 Å². The Kier molecular flexibility index (Phi) is 12.8. The van der Waals surface area contributed by atoms with E-state index in [2.05, 4.69) is 5.32 Å². The zero-order valence-electron chi connectivity index (χ0n) is 36.9. The fourth-order valence-corrected chi connectivity index (χ4v) is 13.1. The van der Waals surface area contributed by atoms with E-state index in [1.54, 1.807) is 21.8 Å². The number of amides is 3. The molecule has 4 aliphatic rings. The van der Waals surface area contributed by atoms with Crippen LogP contribution in [0, 0.1) is 5.92 Å². The van der Waals surface area contributed by atoms with Gasteiger partial charge in [0.2, 0.25) is 11.8 Å². The van der Waals surface area contributed by atoms with Crippen LogP contribution in [-0.2, 0) is 50.7 Å². The number of aliphatic hydroxyl groups is 2. The number of nitrogens with one attached hydrogen (secondary N) is 1. The quantitative estimate of drug-likeness (QED) is 0.0859. The van der Waals surface area contributed by atoms with Gasteiger partial charge in [-0.3, -0.25) is 19.3 Å². The minimum Gasteiger partial charge on any atom is -0.497 e. The van der Waals surface area contributed by atoms with E-state index in [1.165, 1.54) is 0 Å². The fourth-order valence-electron chi connectivity index (χ4n) is 10.6. The molecule has 1 saturated heterocycles. The monoisotopic (exact) mass is 876 g/mol. The zero-order valence-corrected chi connectivity index (χ0v) is 37.9. The van der Waals surface area contributed by atoms with Crippen LogP contribution in [0.25, 0.3) is 0 Å². The molecule has 4 N–H and O–H groups in total.